The molecule has 2 aliphatic rings. The lowest BCUT2D eigenvalue weighted by molar-refractivity contribution is 0.311. The zero-order chi connectivity index (χ0) is 12.5. The van der Waals surface area contributed by atoms with Crippen LogP contribution in [0, 0.1) is 5.92 Å². The average Bonchev–Trinajstić information content (AvgIpc) is 3.04. The van der Waals surface area contributed by atoms with Gasteiger partial charge in [0.2, 0.25) is 0 Å². The van der Waals surface area contributed by atoms with Gasteiger partial charge in [0.25, 0.3) is 0 Å². The van der Waals surface area contributed by atoms with E-state index in [-0.39, 0.29) is 0 Å². The minimum absolute atomic E-state index is 0.701. The van der Waals surface area contributed by atoms with E-state index in [1.807, 2.05) is 11.6 Å². The molecular weight excluding hydrogens is 248 g/mol. The van der Waals surface area contributed by atoms with Crippen LogP contribution in [0.1, 0.15) is 25.1 Å². The maximum Gasteiger partial charge on any atom is 0.128 e. The minimum Gasteiger partial charge on any atom is -0.321 e. The largest absolute Gasteiger partial charge is 0.321 e. The van der Waals surface area contributed by atoms with E-state index in [1.165, 1.54) is 32.4 Å². The molecule has 1 aromatic heterocycles. The van der Waals surface area contributed by atoms with Crippen molar-refractivity contribution < 1.29 is 0 Å². The summed E-state index contributed by atoms with van der Waals surface area (Å²) in [6.45, 7) is 4.47. The van der Waals surface area contributed by atoms with E-state index in [0.29, 0.717) is 5.15 Å². The standard InChI is InChI=1S/C13H21ClN4/c1-17-12(14)7-16-13(17)8-15-6-10-4-5-18(9-10)11-2-3-11/h7,10-11,15H,2-6,8-9H2,1H3. The first-order valence-corrected chi connectivity index (χ1v) is 7.22. The highest BCUT2D eigenvalue weighted by atomic mass is 35.5. The Morgan fingerprint density at radius 3 is 2.94 bits per heavy atom. The molecule has 4 nitrogen and oxygen atoms in total. The lowest BCUT2D eigenvalue weighted by Crippen LogP contribution is -2.28. The zero-order valence-electron chi connectivity index (χ0n) is 10.9. The van der Waals surface area contributed by atoms with E-state index in [0.717, 1.165) is 30.9 Å². The van der Waals surface area contributed by atoms with Crippen molar-refractivity contribution in [3.8, 4) is 0 Å². The molecule has 1 aliphatic heterocycles. The smallest absolute Gasteiger partial charge is 0.128 e. The number of halogens is 1. The topological polar surface area (TPSA) is 33.1 Å². The van der Waals surface area contributed by atoms with Gasteiger partial charge >= 0.3 is 0 Å². The summed E-state index contributed by atoms with van der Waals surface area (Å²) in [5.41, 5.74) is 0. The maximum atomic E-state index is 5.96. The third kappa shape index (κ3) is 2.71. The van der Waals surface area contributed by atoms with Crippen LogP contribution in [-0.4, -0.2) is 40.1 Å². The van der Waals surface area contributed by atoms with Crippen LogP contribution in [0.4, 0.5) is 0 Å². The summed E-state index contributed by atoms with van der Waals surface area (Å²) in [6, 6.07) is 0.920. The second-order valence-corrected chi connectivity index (χ2v) is 5.96. The molecule has 18 heavy (non-hydrogen) atoms. The normalized spacial score (nSPS) is 24.9. The van der Waals surface area contributed by atoms with Gasteiger partial charge < -0.3 is 14.8 Å². The van der Waals surface area contributed by atoms with Gasteiger partial charge in [-0.2, -0.15) is 0 Å². The lowest BCUT2D eigenvalue weighted by Gasteiger charge is -2.15. The van der Waals surface area contributed by atoms with Crippen molar-refractivity contribution >= 4 is 11.6 Å². The Bertz CT molecular complexity index is 413. The fourth-order valence-electron chi connectivity index (χ4n) is 2.78. The summed E-state index contributed by atoms with van der Waals surface area (Å²) in [5.74, 6) is 1.82. The van der Waals surface area contributed by atoms with Crippen LogP contribution in [-0.2, 0) is 13.6 Å². The average molecular weight is 269 g/mol. The van der Waals surface area contributed by atoms with E-state index in [1.54, 1.807) is 6.20 Å². The fraction of sp³-hybridized carbons (Fsp3) is 0.769. The highest BCUT2D eigenvalue weighted by molar-refractivity contribution is 6.29. The van der Waals surface area contributed by atoms with Crippen molar-refractivity contribution in [1.82, 2.24) is 19.8 Å². The summed E-state index contributed by atoms with van der Waals surface area (Å²) >= 11 is 5.96. The van der Waals surface area contributed by atoms with Crippen molar-refractivity contribution in [1.29, 1.82) is 0 Å². The lowest BCUT2D eigenvalue weighted by atomic mass is 10.1. The van der Waals surface area contributed by atoms with Gasteiger partial charge in [0.1, 0.15) is 11.0 Å². The Hall–Kier alpha value is -0.580. The van der Waals surface area contributed by atoms with Crippen molar-refractivity contribution in [2.45, 2.75) is 31.8 Å². The number of rotatable bonds is 5. The molecule has 100 valence electrons. The molecule has 1 atom stereocenters. The van der Waals surface area contributed by atoms with Crippen LogP contribution in [0.5, 0.6) is 0 Å². The molecule has 1 N–H and O–H groups in total. The molecule has 3 rings (SSSR count). The number of nitrogens with zero attached hydrogens (tertiary/aromatic N) is 3. The van der Waals surface area contributed by atoms with Crippen LogP contribution in [0.2, 0.25) is 5.15 Å². The van der Waals surface area contributed by atoms with E-state index in [2.05, 4.69) is 15.2 Å². The van der Waals surface area contributed by atoms with E-state index in [9.17, 15) is 0 Å². The molecule has 0 amide bonds. The van der Waals surface area contributed by atoms with Crippen molar-refractivity contribution in [2.75, 3.05) is 19.6 Å². The Morgan fingerprint density at radius 2 is 2.28 bits per heavy atom. The predicted octanol–water partition coefficient (Wildman–Crippen LogP) is 1.65. The molecule has 2 fully saturated rings. The van der Waals surface area contributed by atoms with Crippen molar-refractivity contribution in [3.05, 3.63) is 17.2 Å². The molecule has 5 heteroatoms. The Morgan fingerprint density at radius 1 is 1.44 bits per heavy atom. The summed E-state index contributed by atoms with van der Waals surface area (Å²) < 4.78 is 1.93. The highest BCUT2D eigenvalue weighted by Crippen LogP contribution is 2.31. The molecule has 1 aliphatic carbocycles. The van der Waals surface area contributed by atoms with Gasteiger partial charge in [0.05, 0.1) is 12.7 Å². The number of hydrogen-bond acceptors (Lipinski definition) is 3. The predicted molar refractivity (Wildman–Crippen MR) is 72.6 cm³/mol. The Kier molecular flexibility index (Phi) is 3.59. The first kappa shape index (κ1) is 12.5. The Labute approximate surface area is 113 Å². The highest BCUT2D eigenvalue weighted by Gasteiger charge is 2.33. The maximum absolute atomic E-state index is 5.96. The van der Waals surface area contributed by atoms with Gasteiger partial charge in [-0.1, -0.05) is 11.6 Å². The SMILES string of the molecule is Cn1c(Cl)cnc1CNCC1CCN(C2CC2)C1. The Balaban J connectivity index is 1.41. The quantitative estimate of drug-likeness (QED) is 0.882. The molecule has 0 radical (unpaired) electrons. The summed E-state index contributed by atoms with van der Waals surface area (Å²) in [6.07, 6.45) is 5.89. The molecule has 2 heterocycles. The van der Waals surface area contributed by atoms with E-state index in [4.69, 9.17) is 11.6 Å². The van der Waals surface area contributed by atoms with Crippen LogP contribution in [0.15, 0.2) is 6.20 Å². The number of aromatic nitrogens is 2. The van der Waals surface area contributed by atoms with Crippen molar-refractivity contribution in [2.24, 2.45) is 13.0 Å². The van der Waals surface area contributed by atoms with Crippen LogP contribution >= 0.6 is 11.6 Å². The van der Waals surface area contributed by atoms with Gasteiger partial charge in [-0.25, -0.2) is 4.98 Å². The van der Waals surface area contributed by atoms with Crippen LogP contribution in [0.3, 0.4) is 0 Å². The summed E-state index contributed by atoms with van der Waals surface area (Å²) in [5, 5.41) is 4.21. The van der Waals surface area contributed by atoms with Gasteiger partial charge in [0.15, 0.2) is 0 Å². The third-order valence-corrected chi connectivity index (χ3v) is 4.48. The summed E-state index contributed by atoms with van der Waals surface area (Å²) in [7, 11) is 1.96. The first-order chi connectivity index (χ1) is 8.74. The second kappa shape index (κ2) is 5.19. The van der Waals surface area contributed by atoms with Gasteiger partial charge in [-0.05, 0) is 38.3 Å². The van der Waals surface area contributed by atoms with Gasteiger partial charge in [-0.15, -0.1) is 0 Å². The molecule has 0 aromatic carbocycles. The van der Waals surface area contributed by atoms with Crippen molar-refractivity contribution in [3.63, 3.8) is 0 Å². The monoisotopic (exact) mass is 268 g/mol. The number of likely N-dealkylation sites (tertiary alicyclic amines) is 1. The van der Waals surface area contributed by atoms with E-state index < -0.39 is 0 Å². The van der Waals surface area contributed by atoms with Crippen LogP contribution in [0.25, 0.3) is 0 Å². The van der Waals surface area contributed by atoms with E-state index >= 15 is 0 Å². The number of imidazole rings is 1. The first-order valence-electron chi connectivity index (χ1n) is 6.85. The van der Waals surface area contributed by atoms with Crippen LogP contribution < -0.4 is 5.32 Å². The summed E-state index contributed by atoms with van der Waals surface area (Å²) in [4.78, 5) is 6.95. The molecule has 1 saturated carbocycles. The fourth-order valence-corrected chi connectivity index (χ4v) is 2.92. The molecule has 1 aromatic rings. The number of hydrogen-bond donors (Lipinski definition) is 1. The molecule has 1 unspecified atom stereocenters. The molecule has 1 saturated heterocycles. The molecule has 0 bridgehead atoms. The molecular formula is C13H21ClN4. The second-order valence-electron chi connectivity index (χ2n) is 5.57. The molecule has 0 spiro atoms. The third-order valence-electron chi connectivity index (χ3n) is 4.12. The minimum atomic E-state index is 0.701. The van der Waals surface area contributed by atoms with Gasteiger partial charge in [-0.3, -0.25) is 0 Å². The number of nitrogens with one attached hydrogen (secondary N) is 1. The zero-order valence-corrected chi connectivity index (χ0v) is 11.7. The van der Waals surface area contributed by atoms with Gasteiger partial charge in [0, 0.05) is 19.6 Å².